The molecular weight excluding hydrogens is 349 g/mol. The first-order valence-electron chi connectivity index (χ1n) is 7.92. The molecule has 0 amide bonds. The highest BCUT2D eigenvalue weighted by atomic mass is 32.2. The molecule has 0 saturated carbocycles. The fourth-order valence-corrected chi connectivity index (χ4v) is 2.25. The molecule has 7 nitrogen and oxygen atoms in total. The lowest BCUT2D eigenvalue weighted by Gasteiger charge is -2.17. The maximum Gasteiger partial charge on any atom is 0.191 e. The molecule has 142 valence electrons. The van der Waals surface area contributed by atoms with Crippen molar-refractivity contribution in [2.45, 2.75) is 13.0 Å². The van der Waals surface area contributed by atoms with Crippen LogP contribution >= 0.6 is 0 Å². The van der Waals surface area contributed by atoms with E-state index in [4.69, 9.17) is 9.47 Å². The lowest BCUT2D eigenvalue weighted by molar-refractivity contribution is 0.154. The van der Waals surface area contributed by atoms with Crippen molar-refractivity contribution < 1.29 is 22.3 Å². The molecule has 9 heteroatoms. The van der Waals surface area contributed by atoms with Gasteiger partial charge in [-0.1, -0.05) is 6.07 Å². The molecule has 0 aliphatic heterocycles. The lowest BCUT2D eigenvalue weighted by atomic mass is 10.3. The molecule has 0 fully saturated rings. The monoisotopic (exact) mass is 375 g/mol. The van der Waals surface area contributed by atoms with E-state index in [0.29, 0.717) is 31.4 Å². The van der Waals surface area contributed by atoms with Crippen molar-refractivity contribution in [2.24, 2.45) is 4.99 Å². The summed E-state index contributed by atoms with van der Waals surface area (Å²) in [4.78, 5) is 4.07. The summed E-state index contributed by atoms with van der Waals surface area (Å²) >= 11 is 0. The van der Waals surface area contributed by atoms with Crippen molar-refractivity contribution in [3.05, 3.63) is 30.1 Å². The van der Waals surface area contributed by atoms with Crippen LogP contribution in [0.3, 0.4) is 0 Å². The van der Waals surface area contributed by atoms with E-state index in [1.165, 1.54) is 18.4 Å². The number of sulfone groups is 1. The van der Waals surface area contributed by atoms with Gasteiger partial charge in [-0.25, -0.2) is 12.8 Å². The van der Waals surface area contributed by atoms with Crippen LogP contribution in [0.1, 0.15) is 6.92 Å². The van der Waals surface area contributed by atoms with Gasteiger partial charge in [0.15, 0.2) is 5.96 Å². The molecule has 1 aromatic carbocycles. The van der Waals surface area contributed by atoms with Gasteiger partial charge in [-0.2, -0.15) is 0 Å². The van der Waals surface area contributed by atoms with E-state index in [-0.39, 0.29) is 24.3 Å². The molecule has 0 aromatic heterocycles. The molecule has 1 unspecified atom stereocenters. The third-order valence-electron chi connectivity index (χ3n) is 3.05. The van der Waals surface area contributed by atoms with Gasteiger partial charge in [0.25, 0.3) is 0 Å². The van der Waals surface area contributed by atoms with Crippen LogP contribution in [0.2, 0.25) is 0 Å². The van der Waals surface area contributed by atoms with Crippen LogP contribution in [-0.2, 0) is 14.6 Å². The summed E-state index contributed by atoms with van der Waals surface area (Å²) < 4.78 is 45.9. The highest BCUT2D eigenvalue weighted by Gasteiger charge is 2.06. The van der Waals surface area contributed by atoms with Crippen molar-refractivity contribution in [3.8, 4) is 5.75 Å². The average Bonchev–Trinajstić information content (AvgIpc) is 2.52. The molecule has 1 aromatic rings. The maximum atomic E-state index is 13.1. The van der Waals surface area contributed by atoms with Crippen molar-refractivity contribution in [2.75, 3.05) is 45.4 Å². The van der Waals surface area contributed by atoms with Crippen LogP contribution in [0.4, 0.5) is 4.39 Å². The van der Waals surface area contributed by atoms with Gasteiger partial charge >= 0.3 is 0 Å². The van der Waals surface area contributed by atoms with E-state index in [1.54, 1.807) is 19.2 Å². The summed E-state index contributed by atoms with van der Waals surface area (Å²) in [7, 11) is -1.36. The Morgan fingerprint density at radius 1 is 1.32 bits per heavy atom. The summed E-state index contributed by atoms with van der Waals surface area (Å²) in [5, 5.41) is 6.13. The zero-order chi connectivity index (χ0) is 18.7. The fraction of sp³-hybridized carbons (Fsp3) is 0.562. The third-order valence-corrected chi connectivity index (χ3v) is 3.96. The number of guanidine groups is 1. The molecule has 0 bridgehead atoms. The highest BCUT2D eigenvalue weighted by Crippen LogP contribution is 2.13. The van der Waals surface area contributed by atoms with Gasteiger partial charge in [0.2, 0.25) is 0 Å². The zero-order valence-electron chi connectivity index (χ0n) is 14.8. The van der Waals surface area contributed by atoms with Crippen molar-refractivity contribution in [3.63, 3.8) is 0 Å². The Labute approximate surface area is 148 Å². The van der Waals surface area contributed by atoms with Crippen molar-refractivity contribution >= 4 is 15.8 Å². The van der Waals surface area contributed by atoms with Gasteiger partial charge in [-0.05, 0) is 19.1 Å². The molecule has 1 rings (SSSR count). The van der Waals surface area contributed by atoms with Crippen molar-refractivity contribution in [1.82, 2.24) is 10.6 Å². The van der Waals surface area contributed by atoms with Crippen LogP contribution < -0.4 is 15.4 Å². The first-order chi connectivity index (χ1) is 11.8. The Morgan fingerprint density at radius 2 is 2.08 bits per heavy atom. The SMILES string of the molecule is CN=C(NCCOCCS(C)(=O)=O)NCC(C)Oc1cccc(F)c1. The van der Waals surface area contributed by atoms with E-state index in [0.717, 1.165) is 0 Å². The second-order valence-corrected chi connectivity index (χ2v) is 7.77. The number of hydrogen-bond acceptors (Lipinski definition) is 5. The molecule has 0 aliphatic carbocycles. The fourth-order valence-electron chi connectivity index (χ4n) is 1.83. The molecule has 0 aliphatic rings. The molecule has 0 saturated heterocycles. The van der Waals surface area contributed by atoms with Gasteiger partial charge < -0.3 is 20.1 Å². The van der Waals surface area contributed by atoms with Crippen LogP contribution in [0.25, 0.3) is 0 Å². The number of halogens is 1. The normalized spacial score (nSPS) is 13.4. The molecule has 0 radical (unpaired) electrons. The van der Waals surface area contributed by atoms with Crippen LogP contribution in [0.15, 0.2) is 29.3 Å². The predicted molar refractivity (Wildman–Crippen MR) is 96.4 cm³/mol. The summed E-state index contributed by atoms with van der Waals surface area (Å²) in [5.74, 6) is 0.707. The number of aliphatic imine (C=N–C) groups is 1. The van der Waals surface area contributed by atoms with Crippen LogP contribution in [0.5, 0.6) is 5.75 Å². The average molecular weight is 375 g/mol. The number of nitrogens with zero attached hydrogens (tertiary/aromatic N) is 1. The Balaban J connectivity index is 2.21. The highest BCUT2D eigenvalue weighted by molar-refractivity contribution is 7.90. The summed E-state index contributed by atoms with van der Waals surface area (Å²) in [6.45, 7) is 3.36. The van der Waals surface area contributed by atoms with Gasteiger partial charge in [0.1, 0.15) is 27.5 Å². The lowest BCUT2D eigenvalue weighted by Crippen LogP contribution is -2.42. The first-order valence-corrected chi connectivity index (χ1v) is 9.98. The number of rotatable bonds is 10. The summed E-state index contributed by atoms with van der Waals surface area (Å²) in [6.07, 6.45) is 0.985. The molecule has 2 N–H and O–H groups in total. The number of nitrogens with one attached hydrogen (secondary N) is 2. The minimum absolute atomic E-state index is 0.00884. The number of benzene rings is 1. The van der Waals surface area contributed by atoms with E-state index < -0.39 is 9.84 Å². The Morgan fingerprint density at radius 3 is 2.72 bits per heavy atom. The van der Waals surface area contributed by atoms with Gasteiger partial charge in [-0.3, -0.25) is 4.99 Å². The second kappa shape index (κ2) is 10.9. The maximum absolute atomic E-state index is 13.1. The Hall–Kier alpha value is -1.87. The molecule has 25 heavy (non-hydrogen) atoms. The number of hydrogen-bond donors (Lipinski definition) is 2. The standard InChI is InChI=1S/C16H26FN3O4S/c1-13(24-15-6-4-5-14(17)11-15)12-20-16(18-2)19-7-8-23-9-10-25(3,21)22/h4-6,11,13H,7-10,12H2,1-3H3,(H2,18,19,20). The second-order valence-electron chi connectivity index (χ2n) is 5.51. The van der Waals surface area contributed by atoms with E-state index in [9.17, 15) is 12.8 Å². The molecule has 0 heterocycles. The predicted octanol–water partition coefficient (Wildman–Crippen LogP) is 0.819. The van der Waals surface area contributed by atoms with E-state index in [1.807, 2.05) is 6.92 Å². The van der Waals surface area contributed by atoms with E-state index in [2.05, 4.69) is 15.6 Å². The van der Waals surface area contributed by atoms with Gasteiger partial charge in [-0.15, -0.1) is 0 Å². The Bertz CT molecular complexity index is 653. The van der Waals surface area contributed by atoms with Crippen LogP contribution in [0, 0.1) is 5.82 Å². The van der Waals surface area contributed by atoms with Gasteiger partial charge in [0.05, 0.1) is 25.5 Å². The topological polar surface area (TPSA) is 89.0 Å². The quantitative estimate of drug-likeness (QED) is 0.358. The minimum atomic E-state index is -3.00. The molecule has 0 spiro atoms. The molecule has 1 atom stereocenters. The third kappa shape index (κ3) is 10.6. The summed E-state index contributed by atoms with van der Waals surface area (Å²) in [6, 6.07) is 5.98. The minimum Gasteiger partial charge on any atom is -0.489 e. The number of ether oxygens (including phenoxy) is 2. The largest absolute Gasteiger partial charge is 0.489 e. The van der Waals surface area contributed by atoms with E-state index >= 15 is 0 Å². The summed E-state index contributed by atoms with van der Waals surface area (Å²) in [5.41, 5.74) is 0. The zero-order valence-corrected chi connectivity index (χ0v) is 15.6. The van der Waals surface area contributed by atoms with Crippen LogP contribution in [-0.4, -0.2) is 65.8 Å². The van der Waals surface area contributed by atoms with Crippen molar-refractivity contribution in [1.29, 1.82) is 0 Å². The molecular formula is C16H26FN3O4S. The van der Waals surface area contributed by atoms with Gasteiger partial charge in [0, 0.05) is 25.9 Å². The first kappa shape index (κ1) is 21.2. The smallest absolute Gasteiger partial charge is 0.191 e. The Kier molecular flexibility index (Phi) is 9.22.